The Balaban J connectivity index is 1.34. The average molecular weight is 456 g/mol. The Morgan fingerprint density at radius 1 is 0.938 bits per heavy atom. The maximum Gasteiger partial charge on any atom is 0.243 e. The molecule has 0 radical (unpaired) electrons. The molecule has 168 valence electrons. The van der Waals surface area contributed by atoms with Gasteiger partial charge in [0, 0.05) is 20.2 Å². The summed E-state index contributed by atoms with van der Waals surface area (Å²) < 4.78 is 51.6. The molecule has 0 unspecified atom stereocenters. The third-order valence-corrected chi connectivity index (χ3v) is 7.48. The van der Waals surface area contributed by atoms with E-state index >= 15 is 0 Å². The molecule has 0 aliphatic carbocycles. The van der Waals surface area contributed by atoms with Gasteiger partial charge in [-0.15, -0.1) is 0 Å². The third kappa shape index (κ3) is 5.18. The standard InChI is InChI=1S/C25H26FNO4S/c1-30-18-19-5-7-20(8-6-19)21-9-11-23(12-10-21)31-24-13-15-27(16-14-24)32(28,29)25-4-2-3-22(26)17-25/h2-12,17,24H,13-16,18H2,1H3. The molecular weight excluding hydrogens is 429 g/mol. The maximum absolute atomic E-state index is 13.4. The molecule has 0 bridgehead atoms. The van der Waals surface area contributed by atoms with Crippen LogP contribution in [-0.2, 0) is 21.4 Å². The normalized spacial score (nSPS) is 15.6. The molecule has 0 saturated carbocycles. The number of sulfonamides is 1. The Morgan fingerprint density at radius 2 is 1.56 bits per heavy atom. The Hall–Kier alpha value is -2.74. The second-order valence-electron chi connectivity index (χ2n) is 7.83. The minimum Gasteiger partial charge on any atom is -0.490 e. The van der Waals surface area contributed by atoms with Crippen LogP contribution in [0.2, 0.25) is 0 Å². The molecule has 1 aliphatic heterocycles. The molecular formula is C25H26FNO4S. The van der Waals surface area contributed by atoms with Crippen LogP contribution in [-0.4, -0.2) is 39.0 Å². The monoisotopic (exact) mass is 455 g/mol. The molecule has 4 rings (SSSR count). The van der Waals surface area contributed by atoms with Gasteiger partial charge in [-0.3, -0.25) is 0 Å². The number of benzene rings is 3. The van der Waals surface area contributed by atoms with E-state index in [0.717, 1.165) is 28.5 Å². The minimum atomic E-state index is -3.69. The number of nitrogens with zero attached hydrogens (tertiary/aromatic N) is 1. The fraction of sp³-hybridized carbons (Fsp3) is 0.280. The van der Waals surface area contributed by atoms with Gasteiger partial charge >= 0.3 is 0 Å². The van der Waals surface area contributed by atoms with Crippen LogP contribution in [0.1, 0.15) is 18.4 Å². The Labute approximate surface area is 188 Å². The summed E-state index contributed by atoms with van der Waals surface area (Å²) >= 11 is 0. The van der Waals surface area contributed by atoms with E-state index in [1.165, 1.54) is 22.5 Å². The Morgan fingerprint density at radius 3 is 2.16 bits per heavy atom. The van der Waals surface area contributed by atoms with Crippen LogP contribution in [0, 0.1) is 5.82 Å². The van der Waals surface area contributed by atoms with Crippen LogP contribution >= 0.6 is 0 Å². The second-order valence-corrected chi connectivity index (χ2v) is 9.77. The summed E-state index contributed by atoms with van der Waals surface area (Å²) in [6.45, 7) is 1.28. The second kappa shape index (κ2) is 9.81. The molecule has 3 aromatic rings. The quantitative estimate of drug-likeness (QED) is 0.510. The molecule has 0 aromatic heterocycles. The van der Waals surface area contributed by atoms with E-state index in [-0.39, 0.29) is 11.0 Å². The van der Waals surface area contributed by atoms with E-state index in [1.807, 2.05) is 24.3 Å². The van der Waals surface area contributed by atoms with Crippen molar-refractivity contribution >= 4 is 10.0 Å². The van der Waals surface area contributed by atoms with Crippen molar-refractivity contribution in [3.63, 3.8) is 0 Å². The van der Waals surface area contributed by atoms with Gasteiger partial charge in [-0.2, -0.15) is 4.31 Å². The third-order valence-electron chi connectivity index (χ3n) is 5.59. The van der Waals surface area contributed by atoms with Crippen molar-refractivity contribution in [3.05, 3.63) is 84.2 Å². The number of hydrogen-bond acceptors (Lipinski definition) is 4. The first-order valence-corrected chi connectivity index (χ1v) is 12.0. The molecule has 32 heavy (non-hydrogen) atoms. The SMILES string of the molecule is COCc1ccc(-c2ccc(OC3CCN(S(=O)(=O)c4cccc(F)c4)CC3)cc2)cc1. The molecule has 0 N–H and O–H groups in total. The van der Waals surface area contributed by atoms with E-state index in [1.54, 1.807) is 7.11 Å². The van der Waals surface area contributed by atoms with Gasteiger partial charge in [-0.1, -0.05) is 42.5 Å². The van der Waals surface area contributed by atoms with Gasteiger partial charge in [0.2, 0.25) is 10.0 Å². The number of halogens is 1. The van der Waals surface area contributed by atoms with E-state index in [9.17, 15) is 12.8 Å². The highest BCUT2D eigenvalue weighted by atomic mass is 32.2. The van der Waals surface area contributed by atoms with Crippen molar-refractivity contribution in [1.82, 2.24) is 4.31 Å². The largest absolute Gasteiger partial charge is 0.490 e. The zero-order chi connectivity index (χ0) is 22.6. The van der Waals surface area contributed by atoms with Crippen molar-refractivity contribution in [3.8, 4) is 16.9 Å². The van der Waals surface area contributed by atoms with Crippen molar-refractivity contribution in [2.45, 2.75) is 30.4 Å². The minimum absolute atomic E-state index is 0.0114. The van der Waals surface area contributed by atoms with Crippen LogP contribution in [0.3, 0.4) is 0 Å². The van der Waals surface area contributed by atoms with Gasteiger partial charge < -0.3 is 9.47 Å². The first-order valence-electron chi connectivity index (χ1n) is 10.6. The maximum atomic E-state index is 13.4. The lowest BCUT2D eigenvalue weighted by atomic mass is 10.0. The summed E-state index contributed by atoms with van der Waals surface area (Å²) in [6.07, 6.45) is 1.10. The van der Waals surface area contributed by atoms with E-state index < -0.39 is 15.8 Å². The van der Waals surface area contributed by atoms with Crippen LogP contribution in [0.4, 0.5) is 4.39 Å². The summed E-state index contributed by atoms with van der Waals surface area (Å²) in [5, 5.41) is 0. The zero-order valence-corrected chi connectivity index (χ0v) is 18.7. The number of hydrogen-bond donors (Lipinski definition) is 0. The number of ether oxygens (including phenoxy) is 2. The fourth-order valence-electron chi connectivity index (χ4n) is 3.85. The number of piperidine rings is 1. The molecule has 1 fully saturated rings. The summed E-state index contributed by atoms with van der Waals surface area (Å²) in [7, 11) is -2.01. The average Bonchev–Trinajstić information content (AvgIpc) is 2.81. The Kier molecular flexibility index (Phi) is 6.89. The first-order chi connectivity index (χ1) is 15.5. The molecule has 0 spiro atoms. The lowest BCUT2D eigenvalue weighted by Crippen LogP contribution is -2.41. The van der Waals surface area contributed by atoms with Crippen LogP contribution < -0.4 is 4.74 Å². The number of methoxy groups -OCH3 is 1. The van der Waals surface area contributed by atoms with Crippen molar-refractivity contribution in [1.29, 1.82) is 0 Å². The highest BCUT2D eigenvalue weighted by Gasteiger charge is 2.30. The predicted molar refractivity (Wildman–Crippen MR) is 121 cm³/mol. The zero-order valence-electron chi connectivity index (χ0n) is 17.9. The van der Waals surface area contributed by atoms with Crippen molar-refractivity contribution in [2.24, 2.45) is 0 Å². The van der Waals surface area contributed by atoms with Crippen LogP contribution in [0.15, 0.2) is 77.7 Å². The smallest absolute Gasteiger partial charge is 0.243 e. The highest BCUT2D eigenvalue weighted by Crippen LogP contribution is 2.27. The molecule has 1 aliphatic rings. The molecule has 0 atom stereocenters. The van der Waals surface area contributed by atoms with Crippen molar-refractivity contribution in [2.75, 3.05) is 20.2 Å². The van der Waals surface area contributed by atoms with Gasteiger partial charge in [0.1, 0.15) is 17.7 Å². The van der Waals surface area contributed by atoms with Gasteiger partial charge in [0.25, 0.3) is 0 Å². The van der Waals surface area contributed by atoms with E-state index in [2.05, 4.69) is 24.3 Å². The van der Waals surface area contributed by atoms with E-state index in [4.69, 9.17) is 9.47 Å². The van der Waals surface area contributed by atoms with Gasteiger partial charge in [0.15, 0.2) is 0 Å². The first kappa shape index (κ1) is 22.5. The van der Waals surface area contributed by atoms with Crippen LogP contribution in [0.25, 0.3) is 11.1 Å². The van der Waals surface area contributed by atoms with Gasteiger partial charge in [-0.05, 0) is 59.9 Å². The molecule has 1 heterocycles. The van der Waals surface area contributed by atoms with Crippen molar-refractivity contribution < 1.29 is 22.3 Å². The number of rotatable bonds is 7. The lowest BCUT2D eigenvalue weighted by Gasteiger charge is -2.31. The summed E-state index contributed by atoms with van der Waals surface area (Å²) in [5.41, 5.74) is 3.34. The molecule has 3 aromatic carbocycles. The Bertz CT molecular complexity index is 1140. The summed E-state index contributed by atoms with van der Waals surface area (Å²) in [5.74, 6) is 0.204. The highest BCUT2D eigenvalue weighted by molar-refractivity contribution is 7.89. The van der Waals surface area contributed by atoms with Crippen LogP contribution in [0.5, 0.6) is 5.75 Å². The lowest BCUT2D eigenvalue weighted by molar-refractivity contribution is 0.135. The van der Waals surface area contributed by atoms with Gasteiger partial charge in [0.05, 0.1) is 11.5 Å². The summed E-state index contributed by atoms with van der Waals surface area (Å²) in [6, 6.07) is 21.3. The fourth-order valence-corrected chi connectivity index (χ4v) is 5.35. The molecule has 5 nitrogen and oxygen atoms in total. The summed E-state index contributed by atoms with van der Waals surface area (Å²) in [4.78, 5) is -0.0114. The topological polar surface area (TPSA) is 55.8 Å². The predicted octanol–water partition coefficient (Wildman–Crippen LogP) is 4.87. The van der Waals surface area contributed by atoms with Gasteiger partial charge in [-0.25, -0.2) is 12.8 Å². The molecule has 1 saturated heterocycles. The molecule has 0 amide bonds. The van der Waals surface area contributed by atoms with E-state index in [0.29, 0.717) is 32.5 Å². The molecule has 7 heteroatoms.